The molecule has 2 saturated heterocycles. The first kappa shape index (κ1) is 22.8. The van der Waals surface area contributed by atoms with Gasteiger partial charge in [-0.1, -0.05) is 47.0 Å². The number of hydrogen-bond donors (Lipinski definition) is 0. The van der Waals surface area contributed by atoms with E-state index in [1.165, 1.54) is 32.1 Å². The number of epoxide rings is 1. The summed E-state index contributed by atoms with van der Waals surface area (Å²) in [5.41, 5.74) is 0. The van der Waals surface area contributed by atoms with E-state index >= 15 is 0 Å². The van der Waals surface area contributed by atoms with E-state index in [1.54, 1.807) is 7.11 Å². The van der Waals surface area contributed by atoms with Crippen LogP contribution in [0.2, 0.25) is 0 Å². The molecule has 0 aromatic rings. The van der Waals surface area contributed by atoms with E-state index in [0.717, 1.165) is 38.6 Å². The molecule has 1 amide bonds. The number of hydrogen-bond acceptors (Lipinski definition) is 5. The molecule has 0 radical (unpaired) electrons. The van der Waals surface area contributed by atoms with Gasteiger partial charge in [0.05, 0.1) is 12.2 Å². The number of amides is 1. The standard InChI is InChI=1S/C23H42N2O4/c1-6-19(27-5)17(4)21-22(28-21)20(16(2)3)29-23(26)25-14-12-24(13-15-25)18-10-8-7-9-11-18/h16-22H,6-15H2,1-5H3. The molecule has 6 nitrogen and oxygen atoms in total. The van der Waals surface area contributed by atoms with Crippen molar-refractivity contribution < 1.29 is 19.0 Å². The van der Waals surface area contributed by atoms with Gasteiger partial charge < -0.3 is 19.1 Å². The van der Waals surface area contributed by atoms with Gasteiger partial charge in [-0.25, -0.2) is 4.79 Å². The van der Waals surface area contributed by atoms with Crippen LogP contribution in [0.3, 0.4) is 0 Å². The minimum absolute atomic E-state index is 0.0123. The third kappa shape index (κ3) is 5.65. The third-order valence-corrected chi connectivity index (χ3v) is 7.25. The summed E-state index contributed by atoms with van der Waals surface area (Å²) in [6.07, 6.45) is 7.60. The first-order valence-electron chi connectivity index (χ1n) is 11.8. The van der Waals surface area contributed by atoms with Crippen molar-refractivity contribution in [2.75, 3.05) is 33.3 Å². The molecule has 1 aliphatic carbocycles. The van der Waals surface area contributed by atoms with Gasteiger partial charge in [0.2, 0.25) is 0 Å². The molecule has 5 atom stereocenters. The minimum Gasteiger partial charge on any atom is -0.443 e. The molecule has 3 fully saturated rings. The zero-order chi connectivity index (χ0) is 21.0. The third-order valence-electron chi connectivity index (χ3n) is 7.25. The van der Waals surface area contributed by atoms with Crippen LogP contribution in [0.1, 0.15) is 66.2 Å². The fraction of sp³-hybridized carbons (Fsp3) is 0.957. The zero-order valence-corrected chi connectivity index (χ0v) is 19.1. The van der Waals surface area contributed by atoms with Crippen LogP contribution in [-0.2, 0) is 14.2 Å². The summed E-state index contributed by atoms with van der Waals surface area (Å²) >= 11 is 0. The molecule has 2 aliphatic heterocycles. The Kier molecular flexibility index (Phi) is 8.23. The summed E-state index contributed by atoms with van der Waals surface area (Å²) in [6.45, 7) is 12.0. The quantitative estimate of drug-likeness (QED) is 0.568. The van der Waals surface area contributed by atoms with Gasteiger partial charge in [0, 0.05) is 45.2 Å². The van der Waals surface area contributed by atoms with Gasteiger partial charge in [-0.2, -0.15) is 0 Å². The largest absolute Gasteiger partial charge is 0.443 e. The van der Waals surface area contributed by atoms with Crippen LogP contribution in [0, 0.1) is 11.8 Å². The molecule has 3 rings (SSSR count). The average Bonchev–Trinajstić information content (AvgIpc) is 3.53. The highest BCUT2D eigenvalue weighted by molar-refractivity contribution is 5.68. The molecule has 0 aromatic heterocycles. The molecule has 0 bridgehead atoms. The Morgan fingerprint density at radius 2 is 1.69 bits per heavy atom. The van der Waals surface area contributed by atoms with Gasteiger partial charge >= 0.3 is 6.09 Å². The van der Waals surface area contributed by atoms with Crippen LogP contribution in [0.15, 0.2) is 0 Å². The average molecular weight is 411 g/mol. The molecule has 5 unspecified atom stereocenters. The van der Waals surface area contributed by atoms with Gasteiger partial charge in [-0.05, 0) is 25.2 Å². The molecule has 168 valence electrons. The zero-order valence-electron chi connectivity index (χ0n) is 19.1. The Labute approximate surface area is 177 Å². The highest BCUT2D eigenvalue weighted by Crippen LogP contribution is 2.38. The maximum atomic E-state index is 12.9. The number of nitrogens with zero attached hydrogens (tertiary/aromatic N) is 2. The number of carbonyl (C=O) groups excluding carboxylic acids is 1. The first-order valence-corrected chi connectivity index (χ1v) is 11.8. The molecular weight excluding hydrogens is 368 g/mol. The van der Waals surface area contributed by atoms with Crippen LogP contribution in [0.25, 0.3) is 0 Å². The number of carbonyl (C=O) groups is 1. The van der Waals surface area contributed by atoms with Crippen molar-refractivity contribution in [2.24, 2.45) is 11.8 Å². The smallest absolute Gasteiger partial charge is 0.410 e. The lowest BCUT2D eigenvalue weighted by Gasteiger charge is -2.40. The Bertz CT molecular complexity index is 511. The molecule has 2 heterocycles. The van der Waals surface area contributed by atoms with Crippen LogP contribution in [-0.4, -0.2) is 79.6 Å². The summed E-state index contributed by atoms with van der Waals surface area (Å²) in [5, 5.41) is 0. The predicted molar refractivity (Wildman–Crippen MR) is 114 cm³/mol. The van der Waals surface area contributed by atoms with Gasteiger partial charge in [-0.3, -0.25) is 4.90 Å². The van der Waals surface area contributed by atoms with Crippen molar-refractivity contribution in [1.82, 2.24) is 9.80 Å². The van der Waals surface area contributed by atoms with Crippen molar-refractivity contribution in [3.8, 4) is 0 Å². The minimum atomic E-state index is -0.194. The fourth-order valence-corrected chi connectivity index (χ4v) is 5.28. The Hall–Kier alpha value is -0.850. The van der Waals surface area contributed by atoms with Crippen LogP contribution in [0.4, 0.5) is 4.79 Å². The van der Waals surface area contributed by atoms with Crippen molar-refractivity contribution >= 4 is 6.09 Å². The van der Waals surface area contributed by atoms with E-state index in [-0.39, 0.29) is 36.4 Å². The second-order valence-electron chi connectivity index (χ2n) is 9.51. The van der Waals surface area contributed by atoms with Crippen molar-refractivity contribution in [1.29, 1.82) is 0 Å². The first-order chi connectivity index (χ1) is 14.0. The summed E-state index contributed by atoms with van der Waals surface area (Å²) in [5.74, 6) is 0.529. The predicted octanol–water partition coefficient (Wildman–Crippen LogP) is 3.93. The van der Waals surface area contributed by atoms with Crippen LogP contribution in [0.5, 0.6) is 0 Å². The van der Waals surface area contributed by atoms with Gasteiger partial charge in [0.15, 0.2) is 0 Å². The summed E-state index contributed by atoms with van der Waals surface area (Å²) in [6, 6.07) is 0.722. The van der Waals surface area contributed by atoms with E-state index in [9.17, 15) is 4.79 Å². The van der Waals surface area contributed by atoms with E-state index in [4.69, 9.17) is 14.2 Å². The van der Waals surface area contributed by atoms with Gasteiger partial charge in [0.1, 0.15) is 12.2 Å². The second-order valence-corrected chi connectivity index (χ2v) is 9.51. The van der Waals surface area contributed by atoms with Gasteiger partial charge in [-0.15, -0.1) is 0 Å². The molecular formula is C23H42N2O4. The highest BCUT2D eigenvalue weighted by atomic mass is 16.6. The maximum absolute atomic E-state index is 12.9. The molecule has 1 saturated carbocycles. The topological polar surface area (TPSA) is 54.5 Å². The molecule has 0 N–H and O–H groups in total. The molecule has 0 spiro atoms. The Morgan fingerprint density at radius 3 is 2.24 bits per heavy atom. The Morgan fingerprint density at radius 1 is 1.03 bits per heavy atom. The summed E-state index contributed by atoms with van der Waals surface area (Å²) in [4.78, 5) is 17.3. The van der Waals surface area contributed by atoms with Crippen molar-refractivity contribution in [3.05, 3.63) is 0 Å². The second kappa shape index (κ2) is 10.5. The Balaban J connectivity index is 1.48. The van der Waals surface area contributed by atoms with Crippen molar-refractivity contribution in [3.63, 3.8) is 0 Å². The maximum Gasteiger partial charge on any atom is 0.410 e. The molecule has 0 aromatic carbocycles. The number of ether oxygens (including phenoxy) is 3. The summed E-state index contributed by atoms with van der Waals surface area (Å²) in [7, 11) is 1.76. The summed E-state index contributed by atoms with van der Waals surface area (Å²) < 4.78 is 17.6. The van der Waals surface area contributed by atoms with Crippen LogP contribution < -0.4 is 0 Å². The van der Waals surface area contributed by atoms with E-state index in [2.05, 4.69) is 32.6 Å². The SMILES string of the molecule is CCC(OC)C(C)C1OC1C(OC(=O)N1CCN(C2CCCCC2)CC1)C(C)C. The van der Waals surface area contributed by atoms with Crippen molar-refractivity contribution in [2.45, 2.75) is 96.7 Å². The number of piperazine rings is 1. The molecule has 29 heavy (non-hydrogen) atoms. The van der Waals surface area contributed by atoms with Gasteiger partial charge in [0.25, 0.3) is 0 Å². The monoisotopic (exact) mass is 410 g/mol. The van der Waals surface area contributed by atoms with E-state index in [1.807, 2.05) is 4.90 Å². The molecule has 6 heteroatoms. The van der Waals surface area contributed by atoms with E-state index in [0.29, 0.717) is 5.92 Å². The van der Waals surface area contributed by atoms with Crippen LogP contribution >= 0.6 is 0 Å². The number of rotatable bonds is 8. The molecule has 3 aliphatic rings. The lowest BCUT2D eigenvalue weighted by Crippen LogP contribution is -2.53. The fourth-order valence-electron chi connectivity index (χ4n) is 5.28. The highest BCUT2D eigenvalue weighted by Gasteiger charge is 2.52. The number of methoxy groups -OCH3 is 1. The lowest BCUT2D eigenvalue weighted by atomic mass is 9.92. The normalized spacial score (nSPS) is 29.5. The van der Waals surface area contributed by atoms with E-state index < -0.39 is 0 Å². The lowest BCUT2D eigenvalue weighted by molar-refractivity contribution is 0.0109.